The molecule has 0 aliphatic heterocycles. The van der Waals surface area contributed by atoms with Crippen molar-refractivity contribution < 1.29 is 14.7 Å². The van der Waals surface area contributed by atoms with Crippen LogP contribution in [0.2, 0.25) is 0 Å². The van der Waals surface area contributed by atoms with Gasteiger partial charge in [0.25, 0.3) is 0 Å². The highest BCUT2D eigenvalue weighted by atomic mass is 16.4. The van der Waals surface area contributed by atoms with Gasteiger partial charge in [0.05, 0.1) is 12.5 Å². The Hall–Kier alpha value is -2.04. The molecule has 0 aromatic heterocycles. The van der Waals surface area contributed by atoms with Crippen molar-refractivity contribution >= 4 is 12.0 Å². The molecule has 5 nitrogen and oxygen atoms in total. The molecule has 2 N–H and O–H groups in total. The monoisotopic (exact) mass is 306 g/mol. The quantitative estimate of drug-likeness (QED) is 0.877. The van der Waals surface area contributed by atoms with E-state index in [1.54, 1.807) is 7.05 Å². The first-order chi connectivity index (χ1) is 10.1. The lowest BCUT2D eigenvalue weighted by molar-refractivity contribution is -0.137. The molecule has 0 aliphatic carbocycles. The van der Waals surface area contributed by atoms with E-state index in [1.165, 1.54) is 4.90 Å². The average molecular weight is 306 g/mol. The second-order valence-electron chi connectivity index (χ2n) is 6.73. The molecule has 1 aromatic carbocycles. The zero-order valence-electron chi connectivity index (χ0n) is 14.0. The van der Waals surface area contributed by atoms with E-state index in [2.05, 4.69) is 32.2 Å². The van der Waals surface area contributed by atoms with Crippen LogP contribution in [0.25, 0.3) is 0 Å². The number of urea groups is 1. The second kappa shape index (κ2) is 7.29. The number of carboxylic acid groups (broad SMARTS) is 1. The third-order valence-corrected chi connectivity index (χ3v) is 3.52. The van der Waals surface area contributed by atoms with Crippen molar-refractivity contribution in [3.8, 4) is 0 Å². The standard InChI is InChI=1S/C17H26N2O3/c1-12-7-6-8-13(11-12)15(17(2,3)4)18-16(22)19(5)10-9-14(20)21/h6-8,11,15H,9-10H2,1-5H3,(H,18,22)(H,20,21). The number of nitrogens with zero attached hydrogens (tertiary/aromatic N) is 1. The Morgan fingerprint density at radius 1 is 1.32 bits per heavy atom. The van der Waals surface area contributed by atoms with Crippen LogP contribution in [0, 0.1) is 12.3 Å². The summed E-state index contributed by atoms with van der Waals surface area (Å²) in [7, 11) is 1.61. The average Bonchev–Trinajstić information content (AvgIpc) is 2.40. The topological polar surface area (TPSA) is 69.6 Å². The molecule has 0 saturated carbocycles. The zero-order valence-corrected chi connectivity index (χ0v) is 14.0. The van der Waals surface area contributed by atoms with Gasteiger partial charge in [0.15, 0.2) is 0 Å². The normalized spacial score (nSPS) is 12.6. The molecule has 1 atom stereocenters. The summed E-state index contributed by atoms with van der Waals surface area (Å²) in [5, 5.41) is 11.7. The fraction of sp³-hybridized carbons (Fsp3) is 0.529. The maximum Gasteiger partial charge on any atom is 0.317 e. The van der Waals surface area contributed by atoms with Crippen LogP contribution in [-0.4, -0.2) is 35.6 Å². The van der Waals surface area contributed by atoms with Crippen molar-refractivity contribution in [1.82, 2.24) is 10.2 Å². The molecule has 1 unspecified atom stereocenters. The van der Waals surface area contributed by atoms with E-state index in [1.807, 2.05) is 25.1 Å². The largest absolute Gasteiger partial charge is 0.481 e. The first kappa shape index (κ1) is 18.0. The Bertz CT molecular complexity index is 535. The van der Waals surface area contributed by atoms with E-state index in [0.717, 1.165) is 11.1 Å². The van der Waals surface area contributed by atoms with Crippen molar-refractivity contribution in [1.29, 1.82) is 0 Å². The maximum absolute atomic E-state index is 12.3. The number of nitrogens with one attached hydrogen (secondary N) is 1. The van der Waals surface area contributed by atoms with Crippen LogP contribution in [0.1, 0.15) is 44.4 Å². The Labute approximate surface area is 132 Å². The molecule has 0 heterocycles. The molecule has 2 amide bonds. The van der Waals surface area contributed by atoms with Gasteiger partial charge >= 0.3 is 12.0 Å². The van der Waals surface area contributed by atoms with Gasteiger partial charge in [-0.05, 0) is 17.9 Å². The molecule has 5 heteroatoms. The Balaban J connectivity index is 2.87. The minimum absolute atomic E-state index is 0.0610. The third kappa shape index (κ3) is 5.39. The summed E-state index contributed by atoms with van der Waals surface area (Å²) < 4.78 is 0. The lowest BCUT2D eigenvalue weighted by Crippen LogP contribution is -2.44. The fourth-order valence-electron chi connectivity index (χ4n) is 2.25. The van der Waals surface area contributed by atoms with E-state index in [0.29, 0.717) is 0 Å². The number of hydrogen-bond donors (Lipinski definition) is 2. The molecule has 1 aromatic rings. The van der Waals surface area contributed by atoms with Crippen molar-refractivity contribution in [2.45, 2.75) is 40.2 Å². The van der Waals surface area contributed by atoms with Crippen LogP contribution < -0.4 is 5.32 Å². The van der Waals surface area contributed by atoms with Crippen LogP contribution in [-0.2, 0) is 4.79 Å². The summed E-state index contributed by atoms with van der Waals surface area (Å²) in [6.07, 6.45) is -0.0610. The predicted octanol–water partition coefficient (Wildman–Crippen LogP) is 3.20. The number of aryl methyl sites for hydroxylation is 1. The summed E-state index contributed by atoms with van der Waals surface area (Å²) >= 11 is 0. The van der Waals surface area contributed by atoms with Gasteiger partial charge in [0, 0.05) is 13.6 Å². The maximum atomic E-state index is 12.3. The highest BCUT2D eigenvalue weighted by Crippen LogP contribution is 2.33. The van der Waals surface area contributed by atoms with E-state index < -0.39 is 5.97 Å². The molecule has 0 fully saturated rings. The van der Waals surface area contributed by atoms with Gasteiger partial charge in [-0.3, -0.25) is 4.79 Å². The number of hydrogen-bond acceptors (Lipinski definition) is 2. The van der Waals surface area contributed by atoms with E-state index in [9.17, 15) is 9.59 Å². The Morgan fingerprint density at radius 3 is 2.45 bits per heavy atom. The van der Waals surface area contributed by atoms with E-state index >= 15 is 0 Å². The summed E-state index contributed by atoms with van der Waals surface area (Å²) in [4.78, 5) is 24.3. The van der Waals surface area contributed by atoms with Crippen molar-refractivity contribution in [3.63, 3.8) is 0 Å². The number of aliphatic carboxylic acids is 1. The summed E-state index contributed by atoms with van der Waals surface area (Å²) in [5.41, 5.74) is 2.03. The molecule has 0 bridgehead atoms. The molecule has 22 heavy (non-hydrogen) atoms. The number of carbonyl (C=O) groups excluding carboxylic acids is 1. The highest BCUT2D eigenvalue weighted by Gasteiger charge is 2.28. The van der Waals surface area contributed by atoms with Crippen LogP contribution in [0.3, 0.4) is 0 Å². The van der Waals surface area contributed by atoms with E-state index in [-0.39, 0.29) is 30.5 Å². The fourth-order valence-corrected chi connectivity index (χ4v) is 2.25. The number of carboxylic acids is 1. The number of benzene rings is 1. The van der Waals surface area contributed by atoms with Crippen LogP contribution >= 0.6 is 0 Å². The van der Waals surface area contributed by atoms with Crippen molar-refractivity contribution in [2.75, 3.05) is 13.6 Å². The molecular weight excluding hydrogens is 280 g/mol. The third-order valence-electron chi connectivity index (χ3n) is 3.52. The second-order valence-corrected chi connectivity index (χ2v) is 6.73. The van der Waals surface area contributed by atoms with Crippen LogP contribution in [0.15, 0.2) is 24.3 Å². The molecular formula is C17H26N2O3. The molecule has 0 spiro atoms. The molecule has 0 saturated heterocycles. The first-order valence-corrected chi connectivity index (χ1v) is 7.41. The predicted molar refractivity (Wildman–Crippen MR) is 86.8 cm³/mol. The molecule has 0 aliphatic rings. The van der Waals surface area contributed by atoms with Crippen molar-refractivity contribution in [2.24, 2.45) is 5.41 Å². The summed E-state index contributed by atoms with van der Waals surface area (Å²) in [6, 6.07) is 7.65. The molecule has 1 rings (SSSR count). The van der Waals surface area contributed by atoms with Gasteiger partial charge in [-0.15, -0.1) is 0 Å². The highest BCUT2D eigenvalue weighted by molar-refractivity contribution is 5.75. The lowest BCUT2D eigenvalue weighted by Gasteiger charge is -2.33. The van der Waals surface area contributed by atoms with Crippen LogP contribution in [0.5, 0.6) is 0 Å². The van der Waals surface area contributed by atoms with Gasteiger partial charge in [0.1, 0.15) is 0 Å². The van der Waals surface area contributed by atoms with Gasteiger partial charge in [0.2, 0.25) is 0 Å². The lowest BCUT2D eigenvalue weighted by atomic mass is 9.82. The van der Waals surface area contributed by atoms with E-state index in [4.69, 9.17) is 5.11 Å². The van der Waals surface area contributed by atoms with Gasteiger partial charge in [-0.25, -0.2) is 4.79 Å². The first-order valence-electron chi connectivity index (χ1n) is 7.41. The van der Waals surface area contributed by atoms with Crippen molar-refractivity contribution in [3.05, 3.63) is 35.4 Å². The van der Waals surface area contributed by atoms with Crippen LogP contribution in [0.4, 0.5) is 4.79 Å². The minimum Gasteiger partial charge on any atom is -0.481 e. The summed E-state index contributed by atoms with van der Waals surface area (Å²) in [5.74, 6) is -0.911. The smallest absolute Gasteiger partial charge is 0.317 e. The zero-order chi connectivity index (χ0) is 16.9. The van der Waals surface area contributed by atoms with Gasteiger partial charge in [-0.1, -0.05) is 50.6 Å². The van der Waals surface area contributed by atoms with Gasteiger partial charge in [-0.2, -0.15) is 0 Å². The minimum atomic E-state index is -0.911. The molecule has 0 radical (unpaired) electrons. The Morgan fingerprint density at radius 2 is 1.95 bits per heavy atom. The number of amides is 2. The number of carbonyl (C=O) groups is 2. The molecule has 122 valence electrons. The Kier molecular flexibility index (Phi) is 5.97. The number of rotatable bonds is 5. The SMILES string of the molecule is Cc1cccc(C(NC(=O)N(C)CCC(=O)O)C(C)(C)C)c1. The van der Waals surface area contributed by atoms with Gasteiger partial charge < -0.3 is 15.3 Å². The summed E-state index contributed by atoms with van der Waals surface area (Å²) in [6.45, 7) is 8.41.